The van der Waals surface area contributed by atoms with Gasteiger partial charge in [0.15, 0.2) is 11.6 Å². The lowest BCUT2D eigenvalue weighted by molar-refractivity contribution is -0.284. The van der Waals surface area contributed by atoms with Gasteiger partial charge in [-0.15, -0.1) is 5.54 Å². The maximum Gasteiger partial charge on any atom is 0.173 e. The Labute approximate surface area is 317 Å². The number of allylic oxidation sites excluding steroid dienone is 5. The molecule has 2 saturated heterocycles. The van der Waals surface area contributed by atoms with Crippen molar-refractivity contribution in [2.75, 3.05) is 26.4 Å². The summed E-state index contributed by atoms with van der Waals surface area (Å²) in [5.41, 5.74) is 9.75. The van der Waals surface area contributed by atoms with Gasteiger partial charge in [-0.3, -0.25) is 0 Å². The van der Waals surface area contributed by atoms with Crippen LogP contribution in [0.15, 0.2) is 34.9 Å². The second-order valence-electron chi connectivity index (χ2n) is 20.4. The average Bonchev–Trinajstić information content (AvgIpc) is 3.77. The third-order valence-corrected chi connectivity index (χ3v) is 17.1. The van der Waals surface area contributed by atoms with E-state index in [4.69, 9.17) is 30.5 Å². The second-order valence-corrected chi connectivity index (χ2v) is 25.4. The summed E-state index contributed by atoms with van der Waals surface area (Å²) < 4.78 is 25.0. The summed E-state index contributed by atoms with van der Waals surface area (Å²) in [6, 6.07) is 0. The summed E-state index contributed by atoms with van der Waals surface area (Å²) >= 11 is 6.08. The molecule has 0 amide bonds. The molecule has 0 aromatic rings. The van der Waals surface area contributed by atoms with Gasteiger partial charge < -0.3 is 18.9 Å². The van der Waals surface area contributed by atoms with Crippen LogP contribution in [0.3, 0.4) is 0 Å². The van der Waals surface area contributed by atoms with Gasteiger partial charge in [0.25, 0.3) is 0 Å². The van der Waals surface area contributed by atoms with Crippen LogP contribution in [0.1, 0.15) is 131 Å². The van der Waals surface area contributed by atoms with Crippen molar-refractivity contribution in [1.29, 1.82) is 0 Å². The molecule has 4 nitrogen and oxygen atoms in total. The fraction of sp³-hybridized carbons (Fsp3) is 0.822. The van der Waals surface area contributed by atoms with Crippen LogP contribution in [0.5, 0.6) is 0 Å². The van der Waals surface area contributed by atoms with E-state index in [0.717, 1.165) is 45.7 Å². The summed E-state index contributed by atoms with van der Waals surface area (Å²) in [6.07, 6.45) is 24.2. The molecule has 6 aliphatic carbocycles. The van der Waals surface area contributed by atoms with E-state index >= 15 is 0 Å². The highest BCUT2D eigenvalue weighted by Crippen LogP contribution is 2.71. The van der Waals surface area contributed by atoms with E-state index in [-0.39, 0.29) is 44.1 Å². The second kappa shape index (κ2) is 13.1. The normalized spacial score (nSPS) is 41.5. The van der Waals surface area contributed by atoms with Gasteiger partial charge in [0, 0.05) is 34.6 Å². The van der Waals surface area contributed by atoms with E-state index in [0.29, 0.717) is 11.8 Å². The van der Waals surface area contributed by atoms with Crippen molar-refractivity contribution in [3.8, 4) is 11.5 Å². The summed E-state index contributed by atoms with van der Waals surface area (Å²) in [5.74, 6) is 4.37. The Balaban J connectivity index is 0.000000160. The highest BCUT2D eigenvalue weighted by Gasteiger charge is 2.67. The maximum absolute atomic E-state index is 6.28. The van der Waals surface area contributed by atoms with Gasteiger partial charge in [0.2, 0.25) is 0 Å². The lowest BCUT2D eigenvalue weighted by Crippen LogP contribution is -2.61. The largest absolute Gasteiger partial charge is 0.347 e. The molecule has 2 spiro atoms. The van der Waals surface area contributed by atoms with Crippen molar-refractivity contribution in [1.82, 2.24) is 0 Å². The predicted molar refractivity (Wildman–Crippen MR) is 212 cm³/mol. The van der Waals surface area contributed by atoms with Crippen LogP contribution in [0.25, 0.3) is 0 Å². The molecule has 8 rings (SSSR count). The lowest BCUT2D eigenvalue weighted by Gasteiger charge is -2.64. The van der Waals surface area contributed by atoms with Gasteiger partial charge in [0.05, 0.1) is 31.8 Å². The van der Waals surface area contributed by atoms with Crippen molar-refractivity contribution < 1.29 is 18.9 Å². The van der Waals surface area contributed by atoms with Gasteiger partial charge in [-0.25, -0.2) is 0 Å². The molecule has 4 saturated carbocycles. The number of hydrogen-bond donors (Lipinski definition) is 0. The lowest BCUT2D eigenvalue weighted by atomic mass is 9.43. The SMILES string of the molecule is CC1(C)[C@@H]2CC[C@@]3(C#C[Si](C)(C)C)CCCC=C3[C@@]2(C)CCC12OCCO2.CC1(C)[C@@H]2CC[C@@]3(C=CCl)CCCC=C3[C@@]2(C)CCC12OCCO2. The molecular formula is C45H69ClO4Si. The number of ether oxygens (including phenoxy) is 4. The fourth-order valence-corrected chi connectivity index (χ4v) is 14.5. The van der Waals surface area contributed by atoms with Crippen molar-refractivity contribution in [2.45, 2.75) is 163 Å². The number of hydrogen-bond acceptors (Lipinski definition) is 4. The minimum absolute atomic E-state index is 0.0334. The van der Waals surface area contributed by atoms with Crippen LogP contribution in [0, 0.1) is 55.8 Å². The minimum Gasteiger partial charge on any atom is -0.347 e. The number of rotatable bonds is 1. The molecule has 6 atom stereocenters. The molecule has 0 bridgehead atoms. The predicted octanol–water partition coefficient (Wildman–Crippen LogP) is 11.8. The monoisotopic (exact) mass is 736 g/mol. The Kier molecular flexibility index (Phi) is 9.88. The van der Waals surface area contributed by atoms with Crippen molar-refractivity contribution in [2.24, 2.45) is 44.3 Å². The summed E-state index contributed by atoms with van der Waals surface area (Å²) in [5, 5.41) is 0. The first kappa shape index (κ1) is 38.4. The third kappa shape index (κ3) is 5.89. The molecule has 0 unspecified atom stereocenters. The molecule has 6 heteroatoms. The molecule has 8 aliphatic rings. The quantitative estimate of drug-likeness (QED) is 0.153. The molecule has 2 aliphatic heterocycles. The molecule has 0 aromatic carbocycles. The van der Waals surface area contributed by atoms with Crippen LogP contribution in [-0.4, -0.2) is 46.1 Å². The zero-order chi connectivity index (χ0) is 36.6. The van der Waals surface area contributed by atoms with Crippen LogP contribution in [0.2, 0.25) is 19.6 Å². The van der Waals surface area contributed by atoms with Gasteiger partial charge >= 0.3 is 0 Å². The number of fused-ring (bicyclic) bond motifs is 6. The third-order valence-electron chi connectivity index (χ3n) is 16.1. The molecular weight excluding hydrogens is 668 g/mol. The zero-order valence-corrected chi connectivity index (χ0v) is 35.5. The topological polar surface area (TPSA) is 36.9 Å². The summed E-state index contributed by atoms with van der Waals surface area (Å²) in [4.78, 5) is 0. The van der Waals surface area contributed by atoms with Crippen LogP contribution >= 0.6 is 11.6 Å². The van der Waals surface area contributed by atoms with Gasteiger partial charge in [-0.1, -0.05) is 103 Å². The zero-order valence-electron chi connectivity index (χ0n) is 33.7. The summed E-state index contributed by atoms with van der Waals surface area (Å²) in [7, 11) is -1.37. The van der Waals surface area contributed by atoms with Crippen LogP contribution < -0.4 is 0 Å². The first-order valence-electron chi connectivity index (χ1n) is 20.8. The Morgan fingerprint density at radius 2 is 1.14 bits per heavy atom. The molecule has 0 radical (unpaired) electrons. The summed E-state index contributed by atoms with van der Waals surface area (Å²) in [6.45, 7) is 24.7. The van der Waals surface area contributed by atoms with E-state index in [9.17, 15) is 0 Å². The van der Waals surface area contributed by atoms with Crippen molar-refractivity contribution >= 4 is 19.7 Å². The first-order chi connectivity index (χ1) is 24.0. The van der Waals surface area contributed by atoms with Gasteiger partial charge in [0.1, 0.15) is 8.07 Å². The van der Waals surface area contributed by atoms with Gasteiger partial charge in [-0.05, 0) is 105 Å². The van der Waals surface area contributed by atoms with Crippen LogP contribution in [-0.2, 0) is 18.9 Å². The fourth-order valence-electron chi connectivity index (χ4n) is 13.7. The maximum atomic E-state index is 6.28. The number of halogens is 1. The molecule has 2 heterocycles. The first-order valence-corrected chi connectivity index (χ1v) is 24.7. The smallest absolute Gasteiger partial charge is 0.173 e. The molecule has 6 fully saturated rings. The van der Waals surface area contributed by atoms with E-state index in [1.807, 2.05) is 0 Å². The van der Waals surface area contributed by atoms with E-state index in [1.165, 1.54) is 70.6 Å². The van der Waals surface area contributed by atoms with E-state index in [1.54, 1.807) is 16.7 Å². The van der Waals surface area contributed by atoms with Gasteiger partial charge in [-0.2, -0.15) is 0 Å². The highest BCUT2D eigenvalue weighted by molar-refractivity contribution is 6.83. The highest BCUT2D eigenvalue weighted by atomic mass is 35.5. The van der Waals surface area contributed by atoms with E-state index in [2.05, 4.69) is 90.9 Å². The molecule has 284 valence electrons. The van der Waals surface area contributed by atoms with E-state index < -0.39 is 8.07 Å². The molecule has 0 N–H and O–H groups in total. The van der Waals surface area contributed by atoms with Crippen LogP contribution in [0.4, 0.5) is 0 Å². The average molecular weight is 738 g/mol. The molecule has 0 aromatic heterocycles. The Hall–Kier alpha value is -0.873. The van der Waals surface area contributed by atoms with Crippen molar-refractivity contribution in [3.05, 3.63) is 34.9 Å². The standard InChI is InChI=1S/C24H38O2Si.C21H31ClO2/c1-21(2)19-10-12-23(15-18-27(4,5)6)11-8-7-9-20(23)22(19,3)13-14-24(21)25-16-17-26-24;1-18(2)16-7-9-20(12-13-22)8-5-4-6-17(20)19(16,3)10-11-21(18)23-14-15-24-21/h9,19H,7-8,10-14,16-17H2,1-6H3;6,12-13,16H,4-5,7-11,14-15H2,1-3H3/t19-,22-,23+;16-,19-,20+/m00/s1. The molecule has 51 heavy (non-hydrogen) atoms. The minimum atomic E-state index is -1.37. The Morgan fingerprint density at radius 3 is 1.67 bits per heavy atom. The Bertz CT molecular complexity index is 1500. The Morgan fingerprint density at radius 1 is 0.647 bits per heavy atom. The van der Waals surface area contributed by atoms with Crippen molar-refractivity contribution in [3.63, 3.8) is 0 Å².